The van der Waals surface area contributed by atoms with Crippen LogP contribution in [0.2, 0.25) is 5.02 Å². The van der Waals surface area contributed by atoms with Crippen molar-refractivity contribution in [3.8, 4) is 28.7 Å². The zero-order chi connectivity index (χ0) is 23.4. The largest absolute Gasteiger partial charge is 0.494 e. The Bertz CT molecular complexity index is 1320. The highest BCUT2D eigenvalue weighted by Crippen LogP contribution is 2.37. The molecule has 172 valence electrons. The number of hydrogen-bond donors (Lipinski definition) is 1. The molecular weight excluding hydrogens is 486 g/mol. The molecule has 0 unspecified atom stereocenters. The number of rotatable bonds is 9. The fourth-order valence-electron chi connectivity index (χ4n) is 3.20. The molecule has 9 nitrogen and oxygen atoms in total. The highest BCUT2D eigenvalue weighted by molar-refractivity contribution is 7.92. The highest BCUT2D eigenvalue weighted by Gasteiger charge is 2.25. The Morgan fingerprint density at radius 1 is 1.06 bits per heavy atom. The molecule has 0 spiro atoms. The van der Waals surface area contributed by atoms with E-state index in [0.29, 0.717) is 40.1 Å². The van der Waals surface area contributed by atoms with Crippen molar-refractivity contribution in [2.24, 2.45) is 0 Å². The van der Waals surface area contributed by atoms with Gasteiger partial charge in [0, 0.05) is 10.4 Å². The van der Waals surface area contributed by atoms with Crippen LogP contribution in [0, 0.1) is 0 Å². The van der Waals surface area contributed by atoms with Crippen LogP contribution >= 0.6 is 22.9 Å². The minimum absolute atomic E-state index is 0.00286. The molecule has 0 saturated heterocycles. The Balaban J connectivity index is 1.73. The Morgan fingerprint density at radius 2 is 1.76 bits per heavy atom. The smallest absolute Gasteiger partial charge is 0.243 e. The maximum atomic E-state index is 12.9. The Morgan fingerprint density at radius 3 is 2.36 bits per heavy atom. The third kappa shape index (κ3) is 5.10. The predicted octanol–water partition coefficient (Wildman–Crippen LogP) is 4.05. The molecule has 12 heteroatoms. The van der Waals surface area contributed by atoms with Crippen LogP contribution in [0.25, 0.3) is 17.2 Å². The van der Waals surface area contributed by atoms with E-state index in [2.05, 4.69) is 19.9 Å². The van der Waals surface area contributed by atoms with Crippen molar-refractivity contribution in [3.63, 3.8) is 0 Å². The van der Waals surface area contributed by atoms with Crippen LogP contribution in [-0.2, 0) is 16.4 Å². The standard InChI is InChI=1S/C21H20ClN5O4S2/c1-30-17-4-3-5-18(31-2)19(17)27-20(16-12-32-13-23-16)24-25-21(27)26-33(28,29)11-10-14-6-8-15(22)9-7-14/h3-9,12-13H,10-11H2,1-2H3,(H,25,26). The van der Waals surface area contributed by atoms with E-state index in [0.717, 1.165) is 5.56 Å². The molecule has 0 aliphatic heterocycles. The van der Waals surface area contributed by atoms with Crippen molar-refractivity contribution < 1.29 is 17.9 Å². The first kappa shape index (κ1) is 23.0. The summed E-state index contributed by atoms with van der Waals surface area (Å²) >= 11 is 7.29. The van der Waals surface area contributed by atoms with Gasteiger partial charge in [-0.3, -0.25) is 9.29 Å². The number of thiazole rings is 1. The number of benzene rings is 2. The number of halogens is 1. The first-order valence-electron chi connectivity index (χ1n) is 9.72. The number of methoxy groups -OCH3 is 2. The van der Waals surface area contributed by atoms with Crippen LogP contribution in [0.3, 0.4) is 0 Å². The lowest BCUT2D eigenvalue weighted by Gasteiger charge is -2.17. The molecule has 0 bridgehead atoms. The number of nitrogens with one attached hydrogen (secondary N) is 1. The summed E-state index contributed by atoms with van der Waals surface area (Å²) in [4.78, 5) is 4.30. The van der Waals surface area contributed by atoms with Crippen LogP contribution in [0.1, 0.15) is 5.56 Å². The summed E-state index contributed by atoms with van der Waals surface area (Å²) in [7, 11) is -0.744. The molecule has 4 rings (SSSR count). The van der Waals surface area contributed by atoms with Gasteiger partial charge in [-0.05, 0) is 36.2 Å². The summed E-state index contributed by atoms with van der Waals surface area (Å²) in [5.74, 6) is 1.09. The molecule has 2 heterocycles. The third-order valence-corrected chi connectivity index (χ3v) is 6.84. The summed E-state index contributed by atoms with van der Waals surface area (Å²) in [5.41, 5.74) is 3.49. The number of para-hydroxylation sites is 1. The quantitative estimate of drug-likeness (QED) is 0.365. The maximum Gasteiger partial charge on any atom is 0.243 e. The molecule has 33 heavy (non-hydrogen) atoms. The second-order valence-electron chi connectivity index (χ2n) is 6.86. The Labute approximate surface area is 200 Å². The molecule has 1 N–H and O–H groups in total. The maximum absolute atomic E-state index is 12.9. The predicted molar refractivity (Wildman–Crippen MR) is 128 cm³/mol. The molecule has 0 aliphatic rings. The minimum atomic E-state index is -3.77. The van der Waals surface area contributed by atoms with Crippen LogP contribution < -0.4 is 14.2 Å². The van der Waals surface area contributed by atoms with E-state index in [-0.39, 0.29) is 11.7 Å². The first-order chi connectivity index (χ1) is 15.9. The Hall–Kier alpha value is -3.15. The SMILES string of the molecule is COc1cccc(OC)c1-n1c(NS(=O)(=O)CCc2ccc(Cl)cc2)nnc1-c1cscn1. The lowest BCUT2D eigenvalue weighted by molar-refractivity contribution is 0.391. The lowest BCUT2D eigenvalue weighted by atomic mass is 10.2. The van der Waals surface area contributed by atoms with Gasteiger partial charge in [-0.25, -0.2) is 13.4 Å². The van der Waals surface area contributed by atoms with Crippen molar-refractivity contribution in [2.75, 3.05) is 24.7 Å². The van der Waals surface area contributed by atoms with Gasteiger partial charge in [-0.2, -0.15) is 0 Å². The number of ether oxygens (including phenoxy) is 2. The van der Waals surface area contributed by atoms with Crippen molar-refractivity contribution in [2.45, 2.75) is 6.42 Å². The molecule has 0 amide bonds. The molecule has 2 aromatic carbocycles. The average molecular weight is 506 g/mol. The van der Waals surface area contributed by atoms with E-state index >= 15 is 0 Å². The second kappa shape index (κ2) is 9.77. The van der Waals surface area contributed by atoms with Crippen molar-refractivity contribution >= 4 is 38.9 Å². The fraction of sp³-hybridized carbons (Fsp3) is 0.190. The third-order valence-electron chi connectivity index (χ3n) is 4.77. The number of sulfonamides is 1. The molecule has 2 aromatic heterocycles. The number of nitrogens with zero attached hydrogens (tertiary/aromatic N) is 4. The van der Waals surface area contributed by atoms with Gasteiger partial charge >= 0.3 is 0 Å². The van der Waals surface area contributed by atoms with E-state index < -0.39 is 10.0 Å². The van der Waals surface area contributed by atoms with Crippen molar-refractivity contribution in [3.05, 3.63) is 63.9 Å². The molecule has 0 radical (unpaired) electrons. The van der Waals surface area contributed by atoms with E-state index in [1.807, 2.05) is 0 Å². The summed E-state index contributed by atoms with van der Waals surface area (Å²) < 4.78 is 41.0. The zero-order valence-corrected chi connectivity index (χ0v) is 20.1. The van der Waals surface area contributed by atoms with E-state index in [1.54, 1.807) is 53.4 Å². The number of anilines is 1. The van der Waals surface area contributed by atoms with E-state index in [1.165, 1.54) is 30.1 Å². The molecule has 0 saturated carbocycles. The van der Waals surface area contributed by atoms with E-state index in [4.69, 9.17) is 21.1 Å². The van der Waals surface area contributed by atoms with E-state index in [9.17, 15) is 8.42 Å². The van der Waals surface area contributed by atoms with Crippen molar-refractivity contribution in [1.29, 1.82) is 0 Å². The summed E-state index contributed by atoms with van der Waals surface area (Å²) in [5, 5.41) is 10.7. The number of aromatic nitrogens is 4. The van der Waals surface area contributed by atoms with Crippen LogP contribution in [0.4, 0.5) is 5.95 Å². The normalized spacial score (nSPS) is 11.4. The fourth-order valence-corrected chi connectivity index (χ4v) is 4.87. The molecule has 0 fully saturated rings. The van der Waals surface area contributed by atoms with Gasteiger partial charge in [-0.15, -0.1) is 21.5 Å². The van der Waals surface area contributed by atoms with Crippen LogP contribution in [-0.4, -0.2) is 48.1 Å². The average Bonchev–Trinajstić information content (AvgIpc) is 3.48. The summed E-state index contributed by atoms with van der Waals surface area (Å²) in [6.45, 7) is 0. The topological polar surface area (TPSA) is 108 Å². The van der Waals surface area contributed by atoms with Gasteiger partial charge in [0.05, 0.1) is 25.5 Å². The second-order valence-corrected chi connectivity index (χ2v) is 9.86. The van der Waals surface area contributed by atoms with Crippen molar-refractivity contribution in [1.82, 2.24) is 19.7 Å². The molecular formula is C21H20ClN5O4S2. The highest BCUT2D eigenvalue weighted by atomic mass is 35.5. The van der Waals surface area contributed by atoms with Gasteiger partial charge in [0.25, 0.3) is 0 Å². The zero-order valence-electron chi connectivity index (χ0n) is 17.7. The van der Waals surface area contributed by atoms with Gasteiger partial charge in [0.1, 0.15) is 22.9 Å². The Kier molecular flexibility index (Phi) is 6.82. The number of hydrogen-bond acceptors (Lipinski definition) is 8. The first-order valence-corrected chi connectivity index (χ1v) is 12.7. The summed E-state index contributed by atoms with van der Waals surface area (Å²) in [6.07, 6.45) is 0.303. The lowest BCUT2D eigenvalue weighted by Crippen LogP contribution is -2.21. The summed E-state index contributed by atoms with van der Waals surface area (Å²) in [6, 6.07) is 12.3. The molecule has 0 atom stereocenters. The van der Waals surface area contributed by atoms with Gasteiger partial charge < -0.3 is 9.47 Å². The molecule has 4 aromatic rings. The van der Waals surface area contributed by atoms with Gasteiger partial charge in [0.15, 0.2) is 5.82 Å². The van der Waals surface area contributed by atoms with Crippen LogP contribution in [0.5, 0.6) is 11.5 Å². The van der Waals surface area contributed by atoms with Gasteiger partial charge in [-0.1, -0.05) is 29.8 Å². The molecule has 0 aliphatic carbocycles. The van der Waals surface area contributed by atoms with Crippen LogP contribution in [0.15, 0.2) is 53.4 Å². The minimum Gasteiger partial charge on any atom is -0.494 e. The van der Waals surface area contributed by atoms with Gasteiger partial charge in [0.2, 0.25) is 16.0 Å². The monoisotopic (exact) mass is 505 g/mol. The number of aryl methyl sites for hydroxylation is 1.